The molecule has 0 bridgehead atoms. The second kappa shape index (κ2) is 5.83. The van der Waals surface area contributed by atoms with Crippen molar-refractivity contribution in [2.75, 3.05) is 18.2 Å². The van der Waals surface area contributed by atoms with E-state index in [4.69, 9.17) is 10.5 Å². The number of rotatable bonds is 4. The summed E-state index contributed by atoms with van der Waals surface area (Å²) in [5.41, 5.74) is 6.43. The van der Waals surface area contributed by atoms with Crippen LogP contribution in [0.15, 0.2) is 24.3 Å². The number of para-hydroxylation sites is 2. The highest BCUT2D eigenvalue weighted by Crippen LogP contribution is 2.26. The summed E-state index contributed by atoms with van der Waals surface area (Å²) in [6, 6.07) is 7.50. The average Bonchev–Trinajstić information content (AvgIpc) is 2.38. The van der Waals surface area contributed by atoms with Gasteiger partial charge in [0.05, 0.1) is 17.6 Å². The Morgan fingerprint density at radius 3 is 2.68 bits per heavy atom. The summed E-state index contributed by atoms with van der Waals surface area (Å²) in [7, 11) is 1.61. The number of hydrogen-bond donors (Lipinski definition) is 2. The molecule has 0 aliphatic rings. The Morgan fingerprint density at radius 1 is 1.26 bits per heavy atom. The van der Waals surface area contributed by atoms with Crippen molar-refractivity contribution < 1.29 is 4.74 Å². The van der Waals surface area contributed by atoms with Gasteiger partial charge >= 0.3 is 0 Å². The molecular weight excluding hydrogens is 310 g/mol. The van der Waals surface area contributed by atoms with Gasteiger partial charge in [-0.1, -0.05) is 28.1 Å². The topological polar surface area (TPSA) is 86.0 Å². The van der Waals surface area contributed by atoms with E-state index in [1.807, 2.05) is 31.2 Å². The second-order valence-corrected chi connectivity index (χ2v) is 5.19. The van der Waals surface area contributed by atoms with Crippen molar-refractivity contribution in [2.45, 2.75) is 11.8 Å². The van der Waals surface area contributed by atoms with Crippen molar-refractivity contribution >= 4 is 33.5 Å². The summed E-state index contributed by atoms with van der Waals surface area (Å²) in [4.78, 5) is 12.4. The van der Waals surface area contributed by atoms with Crippen molar-refractivity contribution in [1.82, 2.24) is 15.0 Å². The van der Waals surface area contributed by atoms with E-state index in [0.29, 0.717) is 17.5 Å². The summed E-state index contributed by atoms with van der Waals surface area (Å²) in [5.74, 6) is 1.84. The molecule has 0 fully saturated rings. The lowest BCUT2D eigenvalue weighted by atomic mass is 10.3. The molecular formula is C12H14BrN5O. The molecule has 1 unspecified atom stereocenters. The van der Waals surface area contributed by atoms with Gasteiger partial charge in [-0.15, -0.1) is 0 Å². The number of alkyl halides is 1. The van der Waals surface area contributed by atoms with Crippen LogP contribution in [0.4, 0.5) is 17.6 Å². The maximum Gasteiger partial charge on any atom is 0.232 e. The van der Waals surface area contributed by atoms with E-state index in [9.17, 15) is 0 Å². The first kappa shape index (κ1) is 13.5. The molecule has 1 aromatic heterocycles. The number of nitrogens with one attached hydrogen (secondary N) is 1. The van der Waals surface area contributed by atoms with E-state index >= 15 is 0 Å². The van der Waals surface area contributed by atoms with E-state index in [2.05, 4.69) is 36.2 Å². The number of nitrogens with zero attached hydrogens (tertiary/aromatic N) is 3. The first-order valence-corrected chi connectivity index (χ1v) is 6.57. The Hall–Kier alpha value is -1.89. The number of nitrogen functional groups attached to an aromatic ring is 1. The van der Waals surface area contributed by atoms with Crippen LogP contribution < -0.4 is 15.8 Å². The molecule has 0 amide bonds. The smallest absolute Gasteiger partial charge is 0.232 e. The first-order chi connectivity index (χ1) is 9.10. The molecule has 0 aliphatic carbocycles. The predicted octanol–water partition coefficient (Wildman–Crippen LogP) is 2.66. The number of anilines is 3. The van der Waals surface area contributed by atoms with Crippen molar-refractivity contribution in [3.05, 3.63) is 30.1 Å². The SMILES string of the molecule is COc1ccccc1Nc1nc(N)nc(C(C)Br)n1. The summed E-state index contributed by atoms with van der Waals surface area (Å²) in [5, 5.41) is 3.07. The van der Waals surface area contributed by atoms with Crippen molar-refractivity contribution in [3.8, 4) is 5.75 Å². The molecule has 2 rings (SSSR count). The van der Waals surface area contributed by atoms with Crippen LogP contribution in [0.5, 0.6) is 5.75 Å². The molecule has 0 saturated heterocycles. The molecule has 0 radical (unpaired) electrons. The van der Waals surface area contributed by atoms with Crippen molar-refractivity contribution in [1.29, 1.82) is 0 Å². The van der Waals surface area contributed by atoms with Crippen molar-refractivity contribution in [3.63, 3.8) is 0 Å². The molecule has 1 atom stereocenters. The van der Waals surface area contributed by atoms with Crippen LogP contribution in [0.2, 0.25) is 0 Å². The van der Waals surface area contributed by atoms with Gasteiger partial charge in [-0.3, -0.25) is 0 Å². The van der Waals surface area contributed by atoms with E-state index < -0.39 is 0 Å². The van der Waals surface area contributed by atoms with Gasteiger partial charge in [-0.2, -0.15) is 15.0 Å². The largest absolute Gasteiger partial charge is 0.495 e. The Bertz CT molecular complexity index is 576. The molecule has 1 aromatic carbocycles. The second-order valence-electron chi connectivity index (χ2n) is 3.82. The summed E-state index contributed by atoms with van der Waals surface area (Å²) in [6.07, 6.45) is 0. The lowest BCUT2D eigenvalue weighted by Gasteiger charge is -2.11. The highest BCUT2D eigenvalue weighted by molar-refractivity contribution is 9.09. The van der Waals surface area contributed by atoms with Gasteiger partial charge in [0, 0.05) is 0 Å². The Balaban J connectivity index is 2.32. The number of nitrogens with two attached hydrogens (primary N) is 1. The zero-order valence-electron chi connectivity index (χ0n) is 10.6. The summed E-state index contributed by atoms with van der Waals surface area (Å²) in [6.45, 7) is 1.92. The fraction of sp³-hybridized carbons (Fsp3) is 0.250. The highest BCUT2D eigenvalue weighted by atomic mass is 79.9. The average molecular weight is 324 g/mol. The highest BCUT2D eigenvalue weighted by Gasteiger charge is 2.10. The molecule has 6 nitrogen and oxygen atoms in total. The number of ether oxygens (including phenoxy) is 1. The minimum Gasteiger partial charge on any atom is -0.495 e. The molecule has 19 heavy (non-hydrogen) atoms. The third-order valence-electron chi connectivity index (χ3n) is 2.38. The summed E-state index contributed by atoms with van der Waals surface area (Å²) >= 11 is 3.40. The van der Waals surface area contributed by atoms with Crippen LogP contribution in [0.3, 0.4) is 0 Å². The minimum atomic E-state index is -0.00369. The van der Waals surface area contributed by atoms with Crippen LogP contribution in [-0.2, 0) is 0 Å². The van der Waals surface area contributed by atoms with Gasteiger partial charge in [-0.25, -0.2) is 0 Å². The normalized spacial score (nSPS) is 11.9. The maximum absolute atomic E-state index is 5.67. The predicted molar refractivity (Wildman–Crippen MR) is 77.9 cm³/mol. The van der Waals surface area contributed by atoms with E-state index in [0.717, 1.165) is 5.69 Å². The van der Waals surface area contributed by atoms with Crippen LogP contribution in [0.25, 0.3) is 0 Å². The Labute approximate surface area is 119 Å². The molecule has 7 heteroatoms. The number of aromatic nitrogens is 3. The fourth-order valence-electron chi connectivity index (χ4n) is 1.51. The Kier molecular flexibility index (Phi) is 4.16. The van der Waals surface area contributed by atoms with E-state index in [1.165, 1.54) is 0 Å². The number of hydrogen-bond acceptors (Lipinski definition) is 6. The zero-order valence-corrected chi connectivity index (χ0v) is 12.2. The molecule has 2 aromatic rings. The molecule has 0 saturated carbocycles. The zero-order chi connectivity index (χ0) is 13.8. The van der Waals surface area contributed by atoms with Gasteiger partial charge < -0.3 is 15.8 Å². The quantitative estimate of drug-likeness (QED) is 0.841. The van der Waals surface area contributed by atoms with Crippen molar-refractivity contribution in [2.24, 2.45) is 0 Å². The van der Waals surface area contributed by atoms with E-state index in [-0.39, 0.29) is 10.8 Å². The van der Waals surface area contributed by atoms with Gasteiger partial charge in [0.25, 0.3) is 0 Å². The molecule has 1 heterocycles. The van der Waals surface area contributed by atoms with Gasteiger partial charge in [0.15, 0.2) is 0 Å². The van der Waals surface area contributed by atoms with Gasteiger partial charge in [-0.05, 0) is 19.1 Å². The Morgan fingerprint density at radius 2 is 2.00 bits per heavy atom. The third-order valence-corrected chi connectivity index (χ3v) is 2.79. The van der Waals surface area contributed by atoms with Crippen LogP contribution in [0, 0.1) is 0 Å². The first-order valence-electron chi connectivity index (χ1n) is 5.65. The van der Waals surface area contributed by atoms with Gasteiger partial charge in [0.1, 0.15) is 11.6 Å². The molecule has 0 aliphatic heterocycles. The van der Waals surface area contributed by atoms with Crippen LogP contribution in [-0.4, -0.2) is 22.1 Å². The van der Waals surface area contributed by atoms with Gasteiger partial charge in [0.2, 0.25) is 11.9 Å². The monoisotopic (exact) mass is 323 g/mol. The molecule has 0 spiro atoms. The number of methoxy groups -OCH3 is 1. The van der Waals surface area contributed by atoms with Crippen LogP contribution in [0.1, 0.15) is 17.6 Å². The fourth-order valence-corrected chi connectivity index (χ4v) is 1.72. The lowest BCUT2D eigenvalue weighted by molar-refractivity contribution is 0.417. The maximum atomic E-state index is 5.67. The summed E-state index contributed by atoms with van der Waals surface area (Å²) < 4.78 is 5.25. The number of benzene rings is 1. The number of halogens is 1. The molecule has 100 valence electrons. The van der Waals surface area contributed by atoms with E-state index in [1.54, 1.807) is 7.11 Å². The minimum absolute atomic E-state index is 0.00369. The molecule has 3 N–H and O–H groups in total. The lowest BCUT2D eigenvalue weighted by Crippen LogP contribution is -2.07. The standard InChI is InChI=1S/C12H14BrN5O/c1-7(13)10-16-11(14)18-12(17-10)15-8-5-3-4-6-9(8)19-2/h3-7H,1-2H3,(H3,14,15,16,17,18). The van der Waals surface area contributed by atoms with Crippen LogP contribution >= 0.6 is 15.9 Å². The third kappa shape index (κ3) is 3.31.